The van der Waals surface area contributed by atoms with Crippen LogP contribution in [0.15, 0.2) is 166 Å². The van der Waals surface area contributed by atoms with Crippen molar-refractivity contribution in [3.63, 3.8) is 0 Å². The number of nitrogens with two attached hydrogens (primary N) is 2. The zero-order chi connectivity index (χ0) is 36.2. The number of fused-ring (bicyclic) bond motifs is 3. The van der Waals surface area contributed by atoms with Crippen molar-refractivity contribution in [3.05, 3.63) is 172 Å². The number of nitrogens with zero attached hydrogens (tertiary/aromatic N) is 2. The first kappa shape index (κ1) is 35.3. The molecule has 0 aliphatic heterocycles. The fourth-order valence-electron chi connectivity index (χ4n) is 5.85. The smallest absolute Gasteiger partial charge is 0.141 e. The maximum Gasteiger partial charge on any atom is 0.141 e. The Morgan fingerprint density at radius 2 is 1.25 bits per heavy atom. The Morgan fingerprint density at radius 3 is 1.98 bits per heavy atom. The number of benzene rings is 5. The number of aliphatic imine (C=N–C) groups is 2. The third kappa shape index (κ3) is 9.59. The molecule has 0 radical (unpaired) electrons. The number of unbranched alkanes of at least 4 members (excludes halogenated alkanes) is 1. The summed E-state index contributed by atoms with van der Waals surface area (Å²) in [5, 5.41) is 9.78. The van der Waals surface area contributed by atoms with Crippen LogP contribution in [-0.4, -0.2) is 23.3 Å². The Kier molecular flexibility index (Phi) is 11.6. The fraction of sp³-hybridized carbons (Fsp3) is 0.0909. The monoisotopic (exact) mass is 732 g/mol. The summed E-state index contributed by atoms with van der Waals surface area (Å²) in [5.41, 5.74) is 19.5. The number of amidine groups is 2. The molecule has 8 rings (SSSR count). The van der Waals surface area contributed by atoms with E-state index >= 15 is 0 Å². The fourth-order valence-corrected chi connectivity index (χ4v) is 7.11. The molecule has 0 saturated carbocycles. The van der Waals surface area contributed by atoms with E-state index in [0.717, 1.165) is 68.5 Å². The van der Waals surface area contributed by atoms with Gasteiger partial charge in [0.1, 0.15) is 17.4 Å². The summed E-state index contributed by atoms with van der Waals surface area (Å²) in [4.78, 5) is 14.4. The minimum atomic E-state index is 0.559. The third-order valence-corrected chi connectivity index (χ3v) is 10.3. The van der Waals surface area contributed by atoms with Gasteiger partial charge in [0.05, 0.1) is 27.7 Å². The van der Waals surface area contributed by atoms with Crippen LogP contribution in [0.1, 0.15) is 28.2 Å². The molecule has 9 heteroatoms. The van der Waals surface area contributed by atoms with Crippen LogP contribution in [0, 0.1) is 0 Å². The van der Waals surface area contributed by atoms with Gasteiger partial charge in [-0.1, -0.05) is 66.7 Å². The number of aromatic nitrogens is 1. The Hall–Kier alpha value is -6.16. The van der Waals surface area contributed by atoms with Crippen molar-refractivity contribution in [3.8, 4) is 5.75 Å². The third-order valence-electron chi connectivity index (χ3n) is 8.50. The van der Waals surface area contributed by atoms with Crippen molar-refractivity contribution in [2.24, 2.45) is 21.5 Å². The zero-order valence-electron chi connectivity index (χ0n) is 29.1. The van der Waals surface area contributed by atoms with Crippen LogP contribution in [0.3, 0.4) is 0 Å². The lowest BCUT2D eigenvalue weighted by atomic mass is 10.1. The lowest BCUT2D eigenvalue weighted by Gasteiger charge is -2.10. The van der Waals surface area contributed by atoms with E-state index in [1.165, 1.54) is 16.3 Å². The van der Waals surface area contributed by atoms with Gasteiger partial charge >= 0.3 is 0 Å². The van der Waals surface area contributed by atoms with Crippen LogP contribution in [0.5, 0.6) is 5.75 Å². The van der Waals surface area contributed by atoms with E-state index in [2.05, 4.69) is 56.7 Å². The predicted octanol–water partition coefficient (Wildman–Crippen LogP) is 11.3. The van der Waals surface area contributed by atoms with Gasteiger partial charge in [-0.2, -0.15) is 0 Å². The van der Waals surface area contributed by atoms with Crippen molar-refractivity contribution in [2.45, 2.75) is 19.3 Å². The number of hydrogen-bond donors (Lipinski definition) is 4. The van der Waals surface area contributed by atoms with Crippen LogP contribution in [0.4, 0.5) is 22.7 Å². The van der Waals surface area contributed by atoms with E-state index < -0.39 is 0 Å². The molecule has 0 atom stereocenters. The molecule has 0 aliphatic carbocycles. The summed E-state index contributed by atoms with van der Waals surface area (Å²) in [6.45, 7) is 0.703. The lowest BCUT2D eigenvalue weighted by Crippen LogP contribution is -2.10. The number of rotatable bonds is 12. The molecule has 0 unspecified atom stereocenters. The molecule has 0 amide bonds. The van der Waals surface area contributed by atoms with Crippen LogP contribution in [0.25, 0.3) is 21.8 Å². The number of aryl methyl sites for hydroxylation is 1. The number of aromatic amines is 1. The molecule has 0 aliphatic rings. The van der Waals surface area contributed by atoms with E-state index in [1.807, 2.05) is 120 Å². The Bertz CT molecular complexity index is 2420. The van der Waals surface area contributed by atoms with E-state index in [1.54, 1.807) is 22.7 Å². The van der Waals surface area contributed by atoms with Crippen molar-refractivity contribution in [1.29, 1.82) is 0 Å². The Labute approximate surface area is 317 Å². The molecule has 8 aromatic rings. The number of H-pyrrole nitrogens is 1. The molecule has 264 valence electrons. The summed E-state index contributed by atoms with van der Waals surface area (Å²) in [6, 6.07) is 48.8. The number of ether oxygens (including phenoxy) is 1. The maximum absolute atomic E-state index is 6.06. The predicted molar refractivity (Wildman–Crippen MR) is 226 cm³/mol. The van der Waals surface area contributed by atoms with Gasteiger partial charge in [0.2, 0.25) is 0 Å². The summed E-state index contributed by atoms with van der Waals surface area (Å²) < 4.78 is 5.95. The number of anilines is 2. The van der Waals surface area contributed by atoms with Crippen LogP contribution < -0.4 is 21.5 Å². The second-order valence-corrected chi connectivity index (χ2v) is 14.2. The molecule has 3 aromatic heterocycles. The van der Waals surface area contributed by atoms with E-state index in [0.29, 0.717) is 18.3 Å². The highest BCUT2D eigenvalue weighted by molar-refractivity contribution is 7.12. The zero-order valence-corrected chi connectivity index (χ0v) is 30.7. The first-order valence-corrected chi connectivity index (χ1v) is 19.2. The molecular weight excluding hydrogens is 693 g/mol. The lowest BCUT2D eigenvalue weighted by molar-refractivity contribution is 0.307. The average molecular weight is 733 g/mol. The van der Waals surface area contributed by atoms with Gasteiger partial charge in [-0.15, -0.1) is 22.7 Å². The number of thiophene rings is 2. The van der Waals surface area contributed by atoms with Crippen molar-refractivity contribution >= 4 is 78.9 Å². The van der Waals surface area contributed by atoms with Crippen molar-refractivity contribution in [1.82, 2.24) is 4.98 Å². The van der Waals surface area contributed by atoms with Gasteiger partial charge in [-0.25, -0.2) is 9.98 Å². The molecule has 53 heavy (non-hydrogen) atoms. The quantitative estimate of drug-likeness (QED) is 0.0569. The number of nitrogens with one attached hydrogen (secondary N) is 2. The molecular formula is C44H40N6OS2. The highest BCUT2D eigenvalue weighted by Gasteiger charge is 2.06. The number of hydrogen-bond acceptors (Lipinski definition) is 6. The van der Waals surface area contributed by atoms with E-state index in [9.17, 15) is 0 Å². The van der Waals surface area contributed by atoms with Crippen molar-refractivity contribution < 1.29 is 4.74 Å². The van der Waals surface area contributed by atoms with Crippen LogP contribution in [-0.2, 0) is 6.42 Å². The average Bonchev–Trinajstić information content (AvgIpc) is 3.99. The molecule has 0 saturated heterocycles. The topological polar surface area (TPSA) is 114 Å². The summed E-state index contributed by atoms with van der Waals surface area (Å²) in [6.07, 6.45) is 3.09. The Morgan fingerprint density at radius 1 is 0.585 bits per heavy atom. The van der Waals surface area contributed by atoms with Crippen LogP contribution >= 0.6 is 22.7 Å². The van der Waals surface area contributed by atoms with E-state index in [4.69, 9.17) is 16.2 Å². The second kappa shape index (κ2) is 17.4. The standard InChI is InChI=1S/C27H27N3OS.C17H13N3S/c28-27(26-13-7-19-32-26)30-23-16-14-21(15-17-23)8-4-5-18-31-25-12-6-11-24(20-25)29-22-9-2-1-3-10-22;18-17(16-6-3-9-21-16)19-11-7-8-15-13(10-11)12-4-1-2-5-14(12)20-15/h1-3,6-7,9-17,19-20,29H,4-5,8,18H2,(H2,28,30);1-10,20H,(H2,18,19). The summed E-state index contributed by atoms with van der Waals surface area (Å²) >= 11 is 3.19. The number of para-hydroxylation sites is 2. The highest BCUT2D eigenvalue weighted by atomic mass is 32.1. The molecule has 3 heterocycles. The normalized spacial score (nSPS) is 11.7. The summed E-state index contributed by atoms with van der Waals surface area (Å²) in [5.74, 6) is 2.01. The van der Waals surface area contributed by atoms with Gasteiger partial charge in [-0.05, 0) is 108 Å². The molecule has 7 nitrogen and oxygen atoms in total. The molecule has 0 bridgehead atoms. The van der Waals surface area contributed by atoms with E-state index in [-0.39, 0.29) is 0 Å². The second-order valence-electron chi connectivity index (χ2n) is 12.3. The first-order valence-electron chi connectivity index (χ1n) is 17.5. The Balaban J connectivity index is 0.000000178. The minimum absolute atomic E-state index is 0.559. The first-order chi connectivity index (χ1) is 26.1. The maximum atomic E-state index is 6.06. The molecule has 0 spiro atoms. The summed E-state index contributed by atoms with van der Waals surface area (Å²) in [7, 11) is 0. The highest BCUT2D eigenvalue weighted by Crippen LogP contribution is 2.29. The van der Waals surface area contributed by atoms with Crippen LogP contribution in [0.2, 0.25) is 0 Å². The van der Waals surface area contributed by atoms with Gasteiger partial charge in [0.25, 0.3) is 0 Å². The molecule has 5 aromatic carbocycles. The minimum Gasteiger partial charge on any atom is -0.494 e. The SMILES string of the molecule is NC(=Nc1ccc(CCCCOc2cccc(Nc3ccccc3)c2)cc1)c1cccs1.NC(=Nc1ccc2[nH]c3ccccc3c2c1)c1cccs1. The molecule has 0 fully saturated rings. The van der Waals surface area contributed by atoms with Crippen molar-refractivity contribution in [2.75, 3.05) is 11.9 Å². The van der Waals surface area contributed by atoms with Gasteiger partial charge < -0.3 is 26.5 Å². The van der Waals surface area contributed by atoms with Gasteiger partial charge in [0.15, 0.2) is 0 Å². The van der Waals surface area contributed by atoms with Gasteiger partial charge in [-0.3, -0.25) is 0 Å². The largest absolute Gasteiger partial charge is 0.494 e. The van der Waals surface area contributed by atoms with Gasteiger partial charge in [0, 0.05) is 39.2 Å². The molecule has 6 N–H and O–H groups in total.